The van der Waals surface area contributed by atoms with E-state index in [2.05, 4.69) is 10.3 Å². The van der Waals surface area contributed by atoms with Gasteiger partial charge in [-0.3, -0.25) is 9.59 Å². The van der Waals surface area contributed by atoms with E-state index < -0.39 is 15.8 Å². The van der Waals surface area contributed by atoms with Gasteiger partial charge in [0.2, 0.25) is 11.8 Å². The highest BCUT2D eigenvalue weighted by Gasteiger charge is 2.37. The number of aromatic nitrogens is 1. The van der Waals surface area contributed by atoms with Crippen molar-refractivity contribution in [3.8, 4) is 0 Å². The van der Waals surface area contributed by atoms with E-state index in [1.165, 1.54) is 0 Å². The minimum Gasteiger partial charge on any atom is -0.352 e. The number of rotatable bonds is 3. The fourth-order valence-electron chi connectivity index (χ4n) is 3.56. The molecule has 9 heteroatoms. The highest BCUT2D eigenvalue weighted by Crippen LogP contribution is 2.30. The van der Waals surface area contributed by atoms with Crippen LogP contribution in [-0.4, -0.2) is 49.3 Å². The van der Waals surface area contributed by atoms with E-state index >= 15 is 0 Å². The molecule has 2 aromatic rings. The van der Waals surface area contributed by atoms with Gasteiger partial charge in [-0.05, 0) is 31.5 Å². The summed E-state index contributed by atoms with van der Waals surface area (Å²) in [7, 11) is -3.05. The summed E-state index contributed by atoms with van der Waals surface area (Å²) in [5, 5.41) is 3.76. The molecule has 2 saturated heterocycles. The SMILES string of the molecule is Cc1nc2cc(N3CC(C(=O)NC4CCS(=O)(=O)C4)CC3=O)ccc2s1. The molecule has 0 saturated carbocycles. The van der Waals surface area contributed by atoms with Crippen molar-refractivity contribution in [3.63, 3.8) is 0 Å². The van der Waals surface area contributed by atoms with E-state index in [-0.39, 0.29) is 35.8 Å². The summed E-state index contributed by atoms with van der Waals surface area (Å²) >= 11 is 1.60. The molecule has 1 aromatic heterocycles. The van der Waals surface area contributed by atoms with Crippen molar-refractivity contribution in [2.75, 3.05) is 23.0 Å². The van der Waals surface area contributed by atoms with Crippen LogP contribution in [0.2, 0.25) is 0 Å². The quantitative estimate of drug-likeness (QED) is 0.847. The van der Waals surface area contributed by atoms with Crippen molar-refractivity contribution < 1.29 is 18.0 Å². The number of carbonyl (C=O) groups excluding carboxylic acids is 2. The van der Waals surface area contributed by atoms with Gasteiger partial charge in [0.1, 0.15) is 0 Å². The lowest BCUT2D eigenvalue weighted by Gasteiger charge is -2.18. The number of amides is 2. The van der Waals surface area contributed by atoms with Crippen molar-refractivity contribution in [1.82, 2.24) is 10.3 Å². The summed E-state index contributed by atoms with van der Waals surface area (Å²) in [6, 6.07) is 5.35. The molecule has 0 aliphatic carbocycles. The molecule has 0 spiro atoms. The number of hydrogen-bond donors (Lipinski definition) is 1. The van der Waals surface area contributed by atoms with Gasteiger partial charge in [-0.2, -0.15) is 0 Å². The topological polar surface area (TPSA) is 96.4 Å². The first-order chi connectivity index (χ1) is 12.3. The Bertz CT molecular complexity index is 999. The van der Waals surface area contributed by atoms with Crippen LogP contribution in [0.5, 0.6) is 0 Å². The maximum absolute atomic E-state index is 12.5. The van der Waals surface area contributed by atoms with Gasteiger partial charge in [-0.25, -0.2) is 13.4 Å². The van der Waals surface area contributed by atoms with Crippen LogP contribution in [0.15, 0.2) is 18.2 Å². The molecule has 138 valence electrons. The molecule has 2 fully saturated rings. The highest BCUT2D eigenvalue weighted by molar-refractivity contribution is 7.91. The maximum Gasteiger partial charge on any atom is 0.227 e. The second kappa shape index (κ2) is 6.31. The molecule has 3 heterocycles. The Morgan fingerprint density at radius 3 is 2.92 bits per heavy atom. The largest absolute Gasteiger partial charge is 0.352 e. The van der Waals surface area contributed by atoms with Crippen LogP contribution >= 0.6 is 11.3 Å². The molecule has 4 rings (SSSR count). The maximum atomic E-state index is 12.5. The Labute approximate surface area is 155 Å². The van der Waals surface area contributed by atoms with Gasteiger partial charge in [-0.1, -0.05) is 0 Å². The van der Waals surface area contributed by atoms with Gasteiger partial charge in [0.05, 0.1) is 32.6 Å². The third kappa shape index (κ3) is 3.33. The smallest absolute Gasteiger partial charge is 0.227 e. The summed E-state index contributed by atoms with van der Waals surface area (Å²) in [5.74, 6) is -0.702. The molecule has 1 aromatic carbocycles. The lowest BCUT2D eigenvalue weighted by molar-refractivity contribution is -0.126. The fourth-order valence-corrected chi connectivity index (χ4v) is 6.04. The van der Waals surface area contributed by atoms with Crippen molar-refractivity contribution in [2.45, 2.75) is 25.8 Å². The number of anilines is 1. The first kappa shape index (κ1) is 17.4. The molecule has 2 unspecified atom stereocenters. The van der Waals surface area contributed by atoms with Crippen LogP contribution in [0.4, 0.5) is 5.69 Å². The van der Waals surface area contributed by atoms with Crippen molar-refractivity contribution in [2.24, 2.45) is 5.92 Å². The number of aryl methyl sites for hydroxylation is 1. The van der Waals surface area contributed by atoms with Crippen LogP contribution in [0.1, 0.15) is 17.8 Å². The van der Waals surface area contributed by atoms with Gasteiger partial charge in [0.15, 0.2) is 9.84 Å². The first-order valence-electron chi connectivity index (χ1n) is 8.49. The minimum absolute atomic E-state index is 0.0109. The molecule has 2 amide bonds. The van der Waals surface area contributed by atoms with Crippen LogP contribution in [-0.2, 0) is 19.4 Å². The van der Waals surface area contributed by atoms with Crippen molar-refractivity contribution in [3.05, 3.63) is 23.2 Å². The van der Waals surface area contributed by atoms with Gasteiger partial charge in [0, 0.05) is 24.7 Å². The normalized spacial score (nSPS) is 25.1. The van der Waals surface area contributed by atoms with E-state index in [9.17, 15) is 18.0 Å². The fraction of sp³-hybridized carbons (Fsp3) is 0.471. The summed E-state index contributed by atoms with van der Waals surface area (Å²) in [5.41, 5.74) is 1.59. The van der Waals surface area contributed by atoms with Crippen LogP contribution < -0.4 is 10.2 Å². The van der Waals surface area contributed by atoms with Gasteiger partial charge in [-0.15, -0.1) is 11.3 Å². The number of hydrogen-bond acceptors (Lipinski definition) is 6. The van der Waals surface area contributed by atoms with Gasteiger partial charge < -0.3 is 10.2 Å². The Morgan fingerprint density at radius 2 is 2.19 bits per heavy atom. The number of sulfone groups is 1. The molecule has 1 N–H and O–H groups in total. The van der Waals surface area contributed by atoms with Gasteiger partial charge >= 0.3 is 0 Å². The molecule has 2 aliphatic heterocycles. The van der Waals surface area contributed by atoms with E-state index in [0.29, 0.717) is 13.0 Å². The van der Waals surface area contributed by atoms with Crippen LogP contribution in [0, 0.1) is 12.8 Å². The summed E-state index contributed by atoms with van der Waals surface area (Å²) in [4.78, 5) is 30.9. The number of nitrogens with one attached hydrogen (secondary N) is 1. The molecule has 0 bridgehead atoms. The number of benzene rings is 1. The van der Waals surface area contributed by atoms with Crippen molar-refractivity contribution >= 4 is 48.9 Å². The average molecular weight is 393 g/mol. The molecule has 7 nitrogen and oxygen atoms in total. The first-order valence-corrected chi connectivity index (χ1v) is 11.1. The van der Waals surface area contributed by atoms with E-state index in [1.807, 2.05) is 25.1 Å². The lowest BCUT2D eigenvalue weighted by atomic mass is 10.1. The summed E-state index contributed by atoms with van der Waals surface area (Å²) in [6.45, 7) is 2.24. The zero-order chi connectivity index (χ0) is 18.5. The molecule has 2 aliphatic rings. The average Bonchev–Trinajstić information content (AvgIpc) is 3.22. The number of nitrogens with zero attached hydrogens (tertiary/aromatic N) is 2. The van der Waals surface area contributed by atoms with Crippen LogP contribution in [0.3, 0.4) is 0 Å². The Morgan fingerprint density at radius 1 is 1.38 bits per heavy atom. The molecule has 0 radical (unpaired) electrons. The van der Waals surface area contributed by atoms with Crippen molar-refractivity contribution in [1.29, 1.82) is 0 Å². The standard InChI is InChI=1S/C17H19N3O4S2/c1-10-18-14-7-13(2-3-15(14)25-10)20-8-11(6-16(20)21)17(22)19-12-4-5-26(23,24)9-12/h2-3,7,11-12H,4-6,8-9H2,1H3,(H,19,22). The number of carbonyl (C=O) groups is 2. The van der Waals surface area contributed by atoms with Gasteiger partial charge in [0.25, 0.3) is 0 Å². The van der Waals surface area contributed by atoms with E-state index in [4.69, 9.17) is 0 Å². The number of fused-ring (bicyclic) bond motifs is 1. The zero-order valence-corrected chi connectivity index (χ0v) is 15.9. The molecule has 26 heavy (non-hydrogen) atoms. The van der Waals surface area contributed by atoms with E-state index in [1.54, 1.807) is 16.2 Å². The lowest BCUT2D eigenvalue weighted by Crippen LogP contribution is -2.40. The Balaban J connectivity index is 1.46. The minimum atomic E-state index is -3.05. The molecular weight excluding hydrogens is 374 g/mol. The molecular formula is C17H19N3O4S2. The third-order valence-electron chi connectivity index (χ3n) is 4.86. The zero-order valence-electron chi connectivity index (χ0n) is 14.3. The summed E-state index contributed by atoms with van der Waals surface area (Å²) in [6.07, 6.45) is 0.581. The highest BCUT2D eigenvalue weighted by atomic mass is 32.2. The second-order valence-corrected chi connectivity index (χ2v) is 10.4. The molecule has 2 atom stereocenters. The second-order valence-electron chi connectivity index (χ2n) is 6.90. The monoisotopic (exact) mass is 393 g/mol. The third-order valence-corrected chi connectivity index (χ3v) is 7.58. The summed E-state index contributed by atoms with van der Waals surface area (Å²) < 4.78 is 24.1. The Kier molecular flexibility index (Phi) is 4.23. The van der Waals surface area contributed by atoms with E-state index in [0.717, 1.165) is 20.9 Å². The number of thiazole rings is 1. The predicted octanol–water partition coefficient (Wildman–Crippen LogP) is 1.26. The predicted molar refractivity (Wildman–Crippen MR) is 100 cm³/mol. The Hall–Kier alpha value is -2.00. The van der Waals surface area contributed by atoms with Crippen LogP contribution in [0.25, 0.3) is 10.2 Å².